The summed E-state index contributed by atoms with van der Waals surface area (Å²) in [5, 5.41) is 1.25. The second-order valence-electron chi connectivity index (χ2n) is 7.13. The topological polar surface area (TPSA) is 57.1 Å². The third-order valence-electron chi connectivity index (χ3n) is 4.84. The summed E-state index contributed by atoms with van der Waals surface area (Å²) in [7, 11) is 1.56. The maximum Gasteiger partial charge on any atom is 0.363 e. The summed E-state index contributed by atoms with van der Waals surface area (Å²) in [4.78, 5) is 16.6. The fraction of sp³-hybridized carbons (Fsp3) is 0.120. The molecule has 0 fully saturated rings. The Hall–Kier alpha value is -3.28. The number of hydrogen-bond acceptors (Lipinski definition) is 5. The molecule has 1 aliphatic rings. The van der Waals surface area contributed by atoms with Crippen molar-refractivity contribution < 1.29 is 19.0 Å². The molecule has 3 aromatic carbocycles. The van der Waals surface area contributed by atoms with Crippen LogP contribution >= 0.6 is 23.2 Å². The van der Waals surface area contributed by atoms with Gasteiger partial charge in [-0.25, -0.2) is 9.79 Å². The standard InChI is InChI=1S/C25H19Cl2NO4/c1-15-3-7-18(13-20(15)27)24-28-21(25(29)32-24)11-17-6-10-22(23(12-17)30-2)31-14-16-4-8-19(26)9-5-16/h3-13H,14H2,1-2H3/b21-11+. The fourth-order valence-electron chi connectivity index (χ4n) is 3.05. The Bertz CT molecular complexity index is 1230. The van der Waals surface area contributed by atoms with Crippen LogP contribution in [0.15, 0.2) is 71.4 Å². The van der Waals surface area contributed by atoms with E-state index in [4.69, 9.17) is 37.4 Å². The summed E-state index contributed by atoms with van der Waals surface area (Å²) in [5.74, 6) is 0.808. The van der Waals surface area contributed by atoms with Crippen molar-refractivity contribution in [1.82, 2.24) is 0 Å². The van der Waals surface area contributed by atoms with E-state index in [9.17, 15) is 4.79 Å². The molecule has 5 nitrogen and oxygen atoms in total. The normalized spacial score (nSPS) is 14.3. The Kier molecular flexibility index (Phi) is 6.49. The highest BCUT2D eigenvalue weighted by Gasteiger charge is 2.24. The summed E-state index contributed by atoms with van der Waals surface area (Å²) in [6.07, 6.45) is 1.64. The highest BCUT2D eigenvalue weighted by molar-refractivity contribution is 6.32. The largest absolute Gasteiger partial charge is 0.493 e. The number of esters is 1. The average molecular weight is 468 g/mol. The molecule has 7 heteroatoms. The van der Waals surface area contributed by atoms with Gasteiger partial charge in [0.15, 0.2) is 17.2 Å². The van der Waals surface area contributed by atoms with Crippen LogP contribution in [0.3, 0.4) is 0 Å². The number of hydrogen-bond donors (Lipinski definition) is 0. The van der Waals surface area contributed by atoms with Gasteiger partial charge in [-0.3, -0.25) is 0 Å². The van der Waals surface area contributed by atoms with Gasteiger partial charge in [-0.1, -0.05) is 47.5 Å². The molecular formula is C25H19Cl2NO4. The van der Waals surface area contributed by atoms with E-state index >= 15 is 0 Å². The van der Waals surface area contributed by atoms with E-state index in [0.717, 1.165) is 16.7 Å². The second-order valence-corrected chi connectivity index (χ2v) is 7.97. The third kappa shape index (κ3) is 4.96. The van der Waals surface area contributed by atoms with Crippen LogP contribution in [0, 0.1) is 6.92 Å². The zero-order valence-electron chi connectivity index (χ0n) is 17.4. The van der Waals surface area contributed by atoms with Crippen LogP contribution in [0.25, 0.3) is 6.08 Å². The number of aliphatic imine (C=N–C) groups is 1. The molecule has 0 saturated carbocycles. The van der Waals surface area contributed by atoms with Crippen LogP contribution < -0.4 is 9.47 Å². The van der Waals surface area contributed by atoms with Gasteiger partial charge in [0.05, 0.1) is 7.11 Å². The SMILES string of the molecule is COc1cc(/C=C2/N=C(c3ccc(C)c(Cl)c3)OC2=O)ccc1OCc1ccc(Cl)cc1. The van der Waals surface area contributed by atoms with Crippen molar-refractivity contribution in [3.05, 3.63) is 98.7 Å². The molecule has 0 unspecified atom stereocenters. The molecular weight excluding hydrogens is 449 g/mol. The smallest absolute Gasteiger partial charge is 0.363 e. The van der Waals surface area contributed by atoms with Crippen molar-refractivity contribution in [2.24, 2.45) is 4.99 Å². The van der Waals surface area contributed by atoms with Crippen molar-refractivity contribution in [3.8, 4) is 11.5 Å². The summed E-state index contributed by atoms with van der Waals surface area (Å²) < 4.78 is 16.7. The maximum absolute atomic E-state index is 12.3. The molecule has 0 spiro atoms. The molecule has 162 valence electrons. The van der Waals surface area contributed by atoms with Crippen LogP contribution in [0.1, 0.15) is 22.3 Å². The van der Waals surface area contributed by atoms with Crippen molar-refractivity contribution >= 4 is 41.1 Å². The van der Waals surface area contributed by atoms with E-state index in [1.54, 1.807) is 31.4 Å². The maximum atomic E-state index is 12.3. The number of carbonyl (C=O) groups excluding carboxylic acids is 1. The number of ether oxygens (including phenoxy) is 3. The molecule has 0 saturated heterocycles. The number of cyclic esters (lactones) is 1. The third-order valence-corrected chi connectivity index (χ3v) is 5.50. The molecule has 1 aliphatic heterocycles. The highest BCUT2D eigenvalue weighted by atomic mass is 35.5. The van der Waals surface area contributed by atoms with E-state index in [1.807, 2.05) is 49.4 Å². The Morgan fingerprint density at radius 3 is 2.50 bits per heavy atom. The number of nitrogens with zero attached hydrogens (tertiary/aromatic N) is 1. The first-order valence-corrected chi connectivity index (χ1v) is 10.5. The highest BCUT2D eigenvalue weighted by Crippen LogP contribution is 2.31. The molecule has 0 bridgehead atoms. The molecule has 4 rings (SSSR count). The lowest BCUT2D eigenvalue weighted by atomic mass is 10.1. The minimum absolute atomic E-state index is 0.189. The first-order valence-electron chi connectivity index (χ1n) is 9.77. The monoisotopic (exact) mass is 467 g/mol. The van der Waals surface area contributed by atoms with E-state index in [1.165, 1.54) is 0 Å². The molecule has 0 aliphatic carbocycles. The van der Waals surface area contributed by atoms with Gasteiger partial charge >= 0.3 is 5.97 Å². The second kappa shape index (κ2) is 9.47. The lowest BCUT2D eigenvalue weighted by Crippen LogP contribution is -2.05. The van der Waals surface area contributed by atoms with E-state index in [-0.39, 0.29) is 11.6 Å². The van der Waals surface area contributed by atoms with Crippen molar-refractivity contribution in [1.29, 1.82) is 0 Å². The van der Waals surface area contributed by atoms with E-state index in [2.05, 4.69) is 4.99 Å². The number of methoxy groups -OCH3 is 1. The van der Waals surface area contributed by atoms with Crippen LogP contribution in [-0.2, 0) is 16.1 Å². The van der Waals surface area contributed by atoms with Gasteiger partial charge in [0.2, 0.25) is 5.90 Å². The zero-order valence-corrected chi connectivity index (χ0v) is 18.9. The fourth-order valence-corrected chi connectivity index (χ4v) is 3.36. The predicted molar refractivity (Wildman–Crippen MR) is 126 cm³/mol. The summed E-state index contributed by atoms with van der Waals surface area (Å²) in [5.41, 5.74) is 3.46. The van der Waals surface area contributed by atoms with Gasteiger partial charge in [-0.05, 0) is 66.1 Å². The van der Waals surface area contributed by atoms with Crippen LogP contribution in [-0.4, -0.2) is 19.0 Å². The lowest BCUT2D eigenvalue weighted by molar-refractivity contribution is -0.129. The molecule has 0 N–H and O–H groups in total. The van der Waals surface area contributed by atoms with Crippen molar-refractivity contribution in [3.63, 3.8) is 0 Å². The Balaban J connectivity index is 1.54. The Morgan fingerprint density at radius 1 is 1.00 bits per heavy atom. The van der Waals surface area contributed by atoms with Crippen LogP contribution in [0.2, 0.25) is 10.0 Å². The van der Waals surface area contributed by atoms with Gasteiger partial charge in [-0.15, -0.1) is 0 Å². The number of halogens is 2. The van der Waals surface area contributed by atoms with Crippen molar-refractivity contribution in [2.45, 2.75) is 13.5 Å². The predicted octanol–water partition coefficient (Wildman–Crippen LogP) is 6.23. The quantitative estimate of drug-likeness (QED) is 0.318. The van der Waals surface area contributed by atoms with Crippen LogP contribution in [0.4, 0.5) is 0 Å². The first-order chi connectivity index (χ1) is 15.4. The molecule has 3 aromatic rings. The zero-order chi connectivity index (χ0) is 22.7. The number of carbonyl (C=O) groups is 1. The first kappa shape index (κ1) is 21.9. The lowest BCUT2D eigenvalue weighted by Gasteiger charge is -2.11. The molecule has 0 aromatic heterocycles. The Labute approximate surface area is 195 Å². The van der Waals surface area contributed by atoms with Gasteiger partial charge < -0.3 is 14.2 Å². The number of rotatable bonds is 6. The molecule has 1 heterocycles. The number of aryl methyl sites for hydroxylation is 1. The van der Waals surface area contributed by atoms with E-state index in [0.29, 0.717) is 33.7 Å². The molecule has 32 heavy (non-hydrogen) atoms. The summed E-state index contributed by atoms with van der Waals surface area (Å²) in [6.45, 7) is 2.27. The van der Waals surface area contributed by atoms with E-state index < -0.39 is 5.97 Å². The Morgan fingerprint density at radius 2 is 1.78 bits per heavy atom. The molecule has 0 amide bonds. The summed E-state index contributed by atoms with van der Waals surface area (Å²) >= 11 is 12.1. The minimum atomic E-state index is -0.529. The van der Waals surface area contributed by atoms with Gasteiger partial charge in [0, 0.05) is 15.6 Å². The number of benzene rings is 3. The van der Waals surface area contributed by atoms with Gasteiger partial charge in [-0.2, -0.15) is 0 Å². The molecule has 0 radical (unpaired) electrons. The molecule has 0 atom stereocenters. The van der Waals surface area contributed by atoms with Gasteiger partial charge in [0.1, 0.15) is 6.61 Å². The van der Waals surface area contributed by atoms with Crippen LogP contribution in [0.5, 0.6) is 11.5 Å². The summed E-state index contributed by atoms with van der Waals surface area (Å²) in [6, 6.07) is 18.2. The van der Waals surface area contributed by atoms with Crippen molar-refractivity contribution in [2.75, 3.05) is 7.11 Å². The van der Waals surface area contributed by atoms with Gasteiger partial charge in [0.25, 0.3) is 0 Å². The average Bonchev–Trinajstić information content (AvgIpc) is 3.15. The minimum Gasteiger partial charge on any atom is -0.493 e.